The van der Waals surface area contributed by atoms with Gasteiger partial charge in [-0.05, 0) is 36.2 Å². The Balaban J connectivity index is 2.02. The minimum atomic E-state index is 0.575. The van der Waals surface area contributed by atoms with E-state index in [1.54, 1.807) is 7.05 Å². The van der Waals surface area contributed by atoms with Crippen LogP contribution in [0.5, 0.6) is 5.75 Å². The maximum Gasteiger partial charge on any atom is 0.195 e. The minimum Gasteiger partial charge on any atom is -0.489 e. The van der Waals surface area contributed by atoms with Gasteiger partial charge in [-0.25, -0.2) is 0 Å². The molecule has 0 aromatic heterocycles. The molecule has 0 saturated heterocycles. The average molecular weight is 283 g/mol. The number of aliphatic imine (C=N–C) groups is 1. The SMILES string of the molecule is CN=C(NC)Nc1ccc(OCc2ccccc2)cc1C. The summed E-state index contributed by atoms with van der Waals surface area (Å²) in [6, 6.07) is 16.1. The van der Waals surface area contributed by atoms with E-state index in [0.717, 1.165) is 28.5 Å². The summed E-state index contributed by atoms with van der Waals surface area (Å²) in [4.78, 5) is 4.10. The second-order valence-corrected chi connectivity index (χ2v) is 4.70. The third-order valence-electron chi connectivity index (χ3n) is 3.16. The molecule has 0 atom stereocenters. The predicted octanol–water partition coefficient (Wildman–Crippen LogP) is 3.19. The fourth-order valence-electron chi connectivity index (χ4n) is 1.96. The van der Waals surface area contributed by atoms with Gasteiger partial charge in [-0.1, -0.05) is 30.3 Å². The Hall–Kier alpha value is -2.49. The van der Waals surface area contributed by atoms with Crippen LogP contribution in [0.1, 0.15) is 11.1 Å². The fourth-order valence-corrected chi connectivity index (χ4v) is 1.96. The van der Waals surface area contributed by atoms with E-state index in [-0.39, 0.29) is 0 Å². The lowest BCUT2D eigenvalue weighted by Gasteiger charge is -2.13. The molecule has 0 spiro atoms. The lowest BCUT2D eigenvalue weighted by atomic mass is 10.2. The van der Waals surface area contributed by atoms with Crippen molar-refractivity contribution in [2.24, 2.45) is 4.99 Å². The first-order valence-corrected chi connectivity index (χ1v) is 6.92. The normalized spacial score (nSPS) is 11.1. The molecule has 0 amide bonds. The molecule has 0 fully saturated rings. The second kappa shape index (κ2) is 7.33. The Kier molecular flexibility index (Phi) is 5.21. The Morgan fingerprint density at radius 2 is 1.90 bits per heavy atom. The number of aryl methyl sites for hydroxylation is 1. The van der Waals surface area contributed by atoms with Crippen molar-refractivity contribution in [1.29, 1.82) is 0 Å². The van der Waals surface area contributed by atoms with Crippen LogP contribution in [0.4, 0.5) is 5.69 Å². The molecule has 2 rings (SSSR count). The lowest BCUT2D eigenvalue weighted by Crippen LogP contribution is -2.27. The summed E-state index contributed by atoms with van der Waals surface area (Å²) in [6.45, 7) is 2.62. The molecule has 0 aliphatic heterocycles. The number of ether oxygens (including phenoxy) is 1. The summed E-state index contributed by atoms with van der Waals surface area (Å²) < 4.78 is 5.81. The molecular formula is C17H21N3O. The number of hydrogen-bond donors (Lipinski definition) is 2. The van der Waals surface area contributed by atoms with Crippen LogP contribution < -0.4 is 15.4 Å². The molecule has 0 heterocycles. The van der Waals surface area contributed by atoms with Gasteiger partial charge >= 0.3 is 0 Å². The summed E-state index contributed by atoms with van der Waals surface area (Å²) in [5, 5.41) is 6.23. The summed E-state index contributed by atoms with van der Waals surface area (Å²) in [7, 11) is 3.58. The van der Waals surface area contributed by atoms with Crippen LogP contribution in [-0.4, -0.2) is 20.1 Å². The van der Waals surface area contributed by atoms with Crippen LogP contribution >= 0.6 is 0 Å². The first-order chi connectivity index (χ1) is 10.2. The van der Waals surface area contributed by atoms with Crippen molar-refractivity contribution in [2.75, 3.05) is 19.4 Å². The van der Waals surface area contributed by atoms with Crippen molar-refractivity contribution in [3.63, 3.8) is 0 Å². The number of rotatable bonds is 4. The highest BCUT2D eigenvalue weighted by Gasteiger charge is 2.03. The molecule has 110 valence electrons. The van der Waals surface area contributed by atoms with Gasteiger partial charge in [0, 0.05) is 19.8 Å². The molecule has 4 heteroatoms. The highest BCUT2D eigenvalue weighted by Crippen LogP contribution is 2.22. The highest BCUT2D eigenvalue weighted by atomic mass is 16.5. The molecule has 0 saturated carbocycles. The summed E-state index contributed by atoms with van der Waals surface area (Å²) in [6.07, 6.45) is 0. The van der Waals surface area contributed by atoms with Gasteiger partial charge in [0.25, 0.3) is 0 Å². The molecule has 21 heavy (non-hydrogen) atoms. The van der Waals surface area contributed by atoms with Crippen LogP contribution in [0, 0.1) is 6.92 Å². The Morgan fingerprint density at radius 1 is 1.14 bits per heavy atom. The van der Waals surface area contributed by atoms with Crippen LogP contribution in [-0.2, 0) is 6.61 Å². The van der Waals surface area contributed by atoms with E-state index in [1.807, 2.05) is 50.4 Å². The maximum absolute atomic E-state index is 5.81. The fraction of sp³-hybridized carbons (Fsp3) is 0.235. The van der Waals surface area contributed by atoms with Gasteiger partial charge in [-0.15, -0.1) is 0 Å². The smallest absolute Gasteiger partial charge is 0.195 e. The van der Waals surface area contributed by atoms with Gasteiger partial charge in [0.05, 0.1) is 0 Å². The second-order valence-electron chi connectivity index (χ2n) is 4.70. The monoisotopic (exact) mass is 283 g/mol. The molecule has 2 N–H and O–H groups in total. The lowest BCUT2D eigenvalue weighted by molar-refractivity contribution is 0.306. The number of hydrogen-bond acceptors (Lipinski definition) is 2. The van der Waals surface area contributed by atoms with Crippen molar-refractivity contribution < 1.29 is 4.74 Å². The number of benzene rings is 2. The van der Waals surface area contributed by atoms with Crippen LogP contribution in [0.3, 0.4) is 0 Å². The number of guanidine groups is 1. The minimum absolute atomic E-state index is 0.575. The topological polar surface area (TPSA) is 45.7 Å². The van der Waals surface area contributed by atoms with E-state index in [2.05, 4.69) is 27.8 Å². The van der Waals surface area contributed by atoms with Crippen LogP contribution in [0.15, 0.2) is 53.5 Å². The van der Waals surface area contributed by atoms with Crippen molar-refractivity contribution >= 4 is 11.6 Å². The standard InChI is InChI=1S/C17H21N3O/c1-13-11-15(21-12-14-7-5-4-6-8-14)9-10-16(13)20-17(18-2)19-3/h4-11H,12H2,1-3H3,(H2,18,19,20). The first-order valence-electron chi connectivity index (χ1n) is 6.92. The third kappa shape index (κ3) is 4.24. The molecule has 0 radical (unpaired) electrons. The zero-order valence-electron chi connectivity index (χ0n) is 12.7. The average Bonchev–Trinajstić information content (AvgIpc) is 2.53. The quantitative estimate of drug-likeness (QED) is 0.669. The highest BCUT2D eigenvalue weighted by molar-refractivity contribution is 5.94. The molecule has 2 aromatic rings. The molecule has 0 aliphatic rings. The molecule has 4 nitrogen and oxygen atoms in total. The number of nitrogens with one attached hydrogen (secondary N) is 2. The molecular weight excluding hydrogens is 262 g/mol. The van der Waals surface area contributed by atoms with E-state index in [1.165, 1.54) is 0 Å². The van der Waals surface area contributed by atoms with Gasteiger partial charge in [-0.2, -0.15) is 0 Å². The molecule has 2 aromatic carbocycles. The third-order valence-corrected chi connectivity index (χ3v) is 3.16. The van der Waals surface area contributed by atoms with Gasteiger partial charge in [0.1, 0.15) is 12.4 Å². The van der Waals surface area contributed by atoms with Crippen molar-refractivity contribution in [3.05, 3.63) is 59.7 Å². The maximum atomic E-state index is 5.81. The Morgan fingerprint density at radius 3 is 2.52 bits per heavy atom. The first kappa shape index (κ1) is 14.9. The summed E-state index contributed by atoms with van der Waals surface area (Å²) >= 11 is 0. The number of anilines is 1. The van der Waals surface area contributed by atoms with E-state index in [9.17, 15) is 0 Å². The predicted molar refractivity (Wildman–Crippen MR) is 88.0 cm³/mol. The van der Waals surface area contributed by atoms with Gasteiger partial charge in [0.15, 0.2) is 5.96 Å². The van der Waals surface area contributed by atoms with Gasteiger partial charge in [0.2, 0.25) is 0 Å². The largest absolute Gasteiger partial charge is 0.489 e. The van der Waals surface area contributed by atoms with E-state index in [0.29, 0.717) is 6.61 Å². The number of nitrogens with zero attached hydrogens (tertiary/aromatic N) is 1. The van der Waals surface area contributed by atoms with E-state index >= 15 is 0 Å². The van der Waals surface area contributed by atoms with Crippen molar-refractivity contribution in [3.8, 4) is 5.75 Å². The van der Waals surface area contributed by atoms with Gasteiger partial charge < -0.3 is 15.4 Å². The van der Waals surface area contributed by atoms with E-state index < -0.39 is 0 Å². The van der Waals surface area contributed by atoms with Crippen LogP contribution in [0.25, 0.3) is 0 Å². The van der Waals surface area contributed by atoms with Crippen LogP contribution in [0.2, 0.25) is 0 Å². The zero-order valence-corrected chi connectivity index (χ0v) is 12.7. The summed E-state index contributed by atoms with van der Waals surface area (Å²) in [5.74, 6) is 1.59. The Bertz CT molecular complexity index is 609. The molecule has 0 bridgehead atoms. The van der Waals surface area contributed by atoms with E-state index in [4.69, 9.17) is 4.74 Å². The van der Waals surface area contributed by atoms with Crippen molar-refractivity contribution in [2.45, 2.75) is 13.5 Å². The van der Waals surface area contributed by atoms with Crippen molar-refractivity contribution in [1.82, 2.24) is 5.32 Å². The molecule has 0 unspecified atom stereocenters. The molecule has 0 aliphatic carbocycles. The Labute approximate surface area is 125 Å². The zero-order chi connectivity index (χ0) is 15.1. The van der Waals surface area contributed by atoms with Gasteiger partial charge in [-0.3, -0.25) is 4.99 Å². The summed E-state index contributed by atoms with van der Waals surface area (Å²) in [5.41, 5.74) is 3.28.